The minimum absolute atomic E-state index is 0.0521. The Kier molecular flexibility index (Phi) is 6.28. The number of benzene rings is 1. The highest BCUT2D eigenvalue weighted by molar-refractivity contribution is 5.88. The predicted molar refractivity (Wildman–Crippen MR) is 112 cm³/mol. The van der Waals surface area contributed by atoms with Gasteiger partial charge >= 0.3 is 0 Å². The molecule has 1 aliphatic rings. The number of likely N-dealkylation sites (tertiary alicyclic amines) is 1. The number of nitrogens with zero attached hydrogens (tertiary/aromatic N) is 3. The van der Waals surface area contributed by atoms with Crippen LogP contribution >= 0.6 is 0 Å². The number of carbonyl (C=O) groups is 1. The normalized spacial score (nSPS) is 14.9. The molecule has 5 nitrogen and oxygen atoms in total. The summed E-state index contributed by atoms with van der Waals surface area (Å²) in [4.78, 5) is 22.9. The van der Waals surface area contributed by atoms with E-state index in [4.69, 9.17) is 0 Å². The van der Waals surface area contributed by atoms with E-state index in [0.29, 0.717) is 30.9 Å². The molecule has 156 valence electrons. The van der Waals surface area contributed by atoms with E-state index in [-0.39, 0.29) is 30.9 Å². The molecule has 3 heterocycles. The molecule has 0 bridgehead atoms. The zero-order valence-corrected chi connectivity index (χ0v) is 16.7. The van der Waals surface area contributed by atoms with E-state index in [1.54, 1.807) is 12.4 Å². The second-order valence-corrected chi connectivity index (χ2v) is 7.60. The second kappa shape index (κ2) is 9.26. The molecule has 7 heteroatoms. The number of pyridine rings is 2. The van der Waals surface area contributed by atoms with Crippen LogP contribution in [-0.4, -0.2) is 53.1 Å². The van der Waals surface area contributed by atoms with Crippen molar-refractivity contribution >= 4 is 16.7 Å². The Morgan fingerprint density at radius 3 is 2.67 bits per heavy atom. The molecule has 0 radical (unpaired) electrons. The average Bonchev–Trinajstić information content (AvgIpc) is 2.77. The van der Waals surface area contributed by atoms with Gasteiger partial charge in [0.1, 0.15) is 12.5 Å². The number of hydrogen-bond donors (Lipinski definition) is 1. The molecule has 1 saturated heterocycles. The van der Waals surface area contributed by atoms with Gasteiger partial charge in [-0.25, -0.2) is 8.78 Å². The molecular weight excluding hydrogens is 386 g/mol. The van der Waals surface area contributed by atoms with Crippen LogP contribution in [0.3, 0.4) is 0 Å². The maximum atomic E-state index is 13.5. The summed E-state index contributed by atoms with van der Waals surface area (Å²) in [5.41, 5.74) is 2.27. The van der Waals surface area contributed by atoms with Crippen LogP contribution in [0.5, 0.6) is 0 Å². The third-order valence-electron chi connectivity index (χ3n) is 5.52. The highest BCUT2D eigenvalue weighted by atomic mass is 19.1. The van der Waals surface area contributed by atoms with Gasteiger partial charge in [0.25, 0.3) is 0 Å². The Morgan fingerprint density at radius 2 is 1.90 bits per heavy atom. The molecule has 30 heavy (non-hydrogen) atoms. The van der Waals surface area contributed by atoms with Gasteiger partial charge in [0.15, 0.2) is 0 Å². The molecule has 2 aromatic heterocycles. The molecule has 3 aromatic rings. The number of nitrogens with one attached hydrogen (secondary N) is 1. The highest BCUT2D eigenvalue weighted by Crippen LogP contribution is 2.25. The van der Waals surface area contributed by atoms with E-state index in [0.717, 1.165) is 29.2 Å². The number of amides is 1. The van der Waals surface area contributed by atoms with Crippen molar-refractivity contribution in [3.63, 3.8) is 0 Å². The van der Waals surface area contributed by atoms with Gasteiger partial charge in [0.05, 0.1) is 18.3 Å². The van der Waals surface area contributed by atoms with Crippen molar-refractivity contribution in [2.45, 2.75) is 25.3 Å². The lowest BCUT2D eigenvalue weighted by molar-refractivity contribution is -0.131. The summed E-state index contributed by atoms with van der Waals surface area (Å²) in [5, 5.41) is 5.07. The van der Waals surface area contributed by atoms with Crippen LogP contribution in [0.1, 0.15) is 18.5 Å². The second-order valence-electron chi connectivity index (χ2n) is 7.60. The summed E-state index contributed by atoms with van der Waals surface area (Å²) in [7, 11) is 0. The molecule has 1 N–H and O–H groups in total. The van der Waals surface area contributed by atoms with Gasteiger partial charge < -0.3 is 10.2 Å². The molecule has 0 spiro atoms. The molecule has 4 rings (SSSR count). The van der Waals surface area contributed by atoms with Gasteiger partial charge in [-0.05, 0) is 42.0 Å². The molecule has 1 fully saturated rings. The van der Waals surface area contributed by atoms with E-state index in [1.165, 1.54) is 12.3 Å². The Balaban J connectivity index is 1.45. The number of alkyl halides is 1. The van der Waals surface area contributed by atoms with E-state index >= 15 is 0 Å². The summed E-state index contributed by atoms with van der Waals surface area (Å²) in [6.45, 7) is 1.34. The third-order valence-corrected chi connectivity index (χ3v) is 5.52. The van der Waals surface area contributed by atoms with Gasteiger partial charge in [-0.2, -0.15) is 0 Å². The fraction of sp³-hybridized carbons (Fsp3) is 0.348. The molecule has 0 aliphatic carbocycles. The Morgan fingerprint density at radius 1 is 1.07 bits per heavy atom. The van der Waals surface area contributed by atoms with E-state index in [9.17, 15) is 13.6 Å². The van der Waals surface area contributed by atoms with Gasteiger partial charge in [0.2, 0.25) is 5.91 Å². The molecule has 1 aromatic carbocycles. The molecule has 1 aliphatic heterocycles. The third kappa shape index (κ3) is 4.79. The number of piperidine rings is 1. The summed E-state index contributed by atoms with van der Waals surface area (Å²) in [6.07, 6.45) is 6.48. The van der Waals surface area contributed by atoms with E-state index < -0.39 is 0 Å². The minimum atomic E-state index is -0.378. The lowest BCUT2D eigenvalue weighted by atomic mass is 10.0. The number of aromatic nitrogens is 2. The Bertz CT molecular complexity index is 1030. The van der Waals surface area contributed by atoms with Crippen molar-refractivity contribution in [2.24, 2.45) is 0 Å². The lowest BCUT2D eigenvalue weighted by Gasteiger charge is -2.32. The number of hydrogen-bond acceptors (Lipinski definition) is 4. The fourth-order valence-corrected chi connectivity index (χ4v) is 3.89. The zero-order chi connectivity index (χ0) is 20.9. The Hall–Kier alpha value is -2.93. The average molecular weight is 410 g/mol. The standard InChI is InChI=1S/C23H24F2N4O/c24-5-6-27-21-3-7-29(8-4-21)23(30)12-22-11-18-9-16(1-2-17(18)14-28-22)19-10-20(25)15-26-13-19/h1-2,9-11,13-15,21,27H,3-8,12H2. The van der Waals surface area contributed by atoms with Crippen LogP contribution in [0.25, 0.3) is 21.9 Å². The van der Waals surface area contributed by atoms with Gasteiger partial charge in [-0.15, -0.1) is 0 Å². The first-order valence-electron chi connectivity index (χ1n) is 10.2. The van der Waals surface area contributed by atoms with Crippen LogP contribution in [-0.2, 0) is 11.2 Å². The van der Waals surface area contributed by atoms with Gasteiger partial charge in [-0.1, -0.05) is 12.1 Å². The topological polar surface area (TPSA) is 58.1 Å². The quantitative estimate of drug-likeness (QED) is 0.676. The monoisotopic (exact) mass is 410 g/mol. The van der Waals surface area contributed by atoms with Crippen molar-refractivity contribution in [3.05, 3.63) is 60.4 Å². The van der Waals surface area contributed by atoms with Crippen LogP contribution in [0.2, 0.25) is 0 Å². The first-order chi connectivity index (χ1) is 14.6. The van der Waals surface area contributed by atoms with Crippen molar-refractivity contribution in [2.75, 3.05) is 26.3 Å². The molecule has 0 atom stereocenters. The number of halogens is 2. The van der Waals surface area contributed by atoms with Crippen LogP contribution in [0.15, 0.2) is 48.9 Å². The lowest BCUT2D eigenvalue weighted by Crippen LogP contribution is -2.45. The first-order valence-corrected chi connectivity index (χ1v) is 10.2. The van der Waals surface area contributed by atoms with Crippen LogP contribution in [0.4, 0.5) is 8.78 Å². The summed E-state index contributed by atoms with van der Waals surface area (Å²) in [5.74, 6) is -0.325. The number of fused-ring (bicyclic) bond motifs is 1. The summed E-state index contributed by atoms with van der Waals surface area (Å²) in [6, 6.07) is 9.45. The number of rotatable bonds is 6. The van der Waals surface area contributed by atoms with E-state index in [2.05, 4.69) is 15.3 Å². The molecular formula is C23H24F2N4O. The largest absolute Gasteiger partial charge is 0.342 e. The van der Waals surface area contributed by atoms with Crippen molar-refractivity contribution < 1.29 is 13.6 Å². The van der Waals surface area contributed by atoms with Crippen LogP contribution in [0, 0.1) is 5.82 Å². The van der Waals surface area contributed by atoms with Crippen molar-refractivity contribution in [1.82, 2.24) is 20.2 Å². The van der Waals surface area contributed by atoms with Gasteiger partial charge in [0, 0.05) is 49.0 Å². The van der Waals surface area contributed by atoms with Crippen LogP contribution < -0.4 is 5.32 Å². The smallest absolute Gasteiger partial charge is 0.228 e. The maximum absolute atomic E-state index is 13.5. The highest BCUT2D eigenvalue weighted by Gasteiger charge is 2.22. The predicted octanol–water partition coefficient (Wildman–Crippen LogP) is 3.53. The van der Waals surface area contributed by atoms with Gasteiger partial charge in [-0.3, -0.25) is 14.8 Å². The summed E-state index contributed by atoms with van der Waals surface area (Å²) < 4.78 is 25.8. The minimum Gasteiger partial charge on any atom is -0.342 e. The SMILES string of the molecule is O=C(Cc1cc2cc(-c3cncc(F)c3)ccc2cn1)N1CCC(NCCF)CC1. The molecule has 0 unspecified atom stereocenters. The maximum Gasteiger partial charge on any atom is 0.228 e. The first kappa shape index (κ1) is 20.3. The fourth-order valence-electron chi connectivity index (χ4n) is 3.89. The zero-order valence-electron chi connectivity index (χ0n) is 16.7. The summed E-state index contributed by atoms with van der Waals surface area (Å²) >= 11 is 0. The molecule has 1 amide bonds. The number of carbonyl (C=O) groups excluding carboxylic acids is 1. The van der Waals surface area contributed by atoms with Crippen molar-refractivity contribution in [1.29, 1.82) is 0 Å². The molecule has 0 saturated carbocycles. The Labute approximate surface area is 174 Å². The van der Waals surface area contributed by atoms with Crippen molar-refractivity contribution in [3.8, 4) is 11.1 Å². The van der Waals surface area contributed by atoms with E-state index in [1.807, 2.05) is 29.2 Å².